The van der Waals surface area contributed by atoms with Crippen molar-refractivity contribution in [2.75, 3.05) is 0 Å². The molecule has 3 aromatic rings. The second kappa shape index (κ2) is 4.17. The lowest BCUT2D eigenvalue weighted by Crippen LogP contribution is -1.94. The topological polar surface area (TPSA) is 73.3 Å². The molecular formula is C15H11NO3. The van der Waals surface area contributed by atoms with Crippen molar-refractivity contribution in [3.8, 4) is 16.9 Å². The van der Waals surface area contributed by atoms with Crippen LogP contribution >= 0.6 is 0 Å². The number of fused-ring (bicyclic) bond motifs is 1. The molecule has 0 aliphatic carbocycles. The molecule has 0 saturated heterocycles. The second-order valence-electron chi connectivity index (χ2n) is 4.31. The van der Waals surface area contributed by atoms with E-state index in [0.29, 0.717) is 0 Å². The molecule has 0 atom stereocenters. The maximum Gasteiger partial charge on any atom is 0.335 e. The molecule has 0 amide bonds. The Morgan fingerprint density at radius 1 is 1.05 bits per heavy atom. The molecule has 0 fully saturated rings. The van der Waals surface area contributed by atoms with Crippen LogP contribution in [0.3, 0.4) is 0 Å². The van der Waals surface area contributed by atoms with Gasteiger partial charge in [0, 0.05) is 22.7 Å². The van der Waals surface area contributed by atoms with Gasteiger partial charge in [-0.3, -0.25) is 0 Å². The third-order valence-electron chi connectivity index (χ3n) is 3.11. The monoisotopic (exact) mass is 253 g/mol. The van der Waals surface area contributed by atoms with Crippen LogP contribution in [0.2, 0.25) is 0 Å². The molecule has 0 saturated carbocycles. The van der Waals surface area contributed by atoms with Gasteiger partial charge in [-0.25, -0.2) is 4.79 Å². The summed E-state index contributed by atoms with van der Waals surface area (Å²) >= 11 is 0. The predicted octanol–water partition coefficient (Wildman–Crippen LogP) is 3.24. The Kier molecular flexibility index (Phi) is 2.49. The zero-order valence-corrected chi connectivity index (χ0v) is 9.92. The van der Waals surface area contributed by atoms with Crippen LogP contribution in [0.1, 0.15) is 10.4 Å². The number of hydrogen-bond donors (Lipinski definition) is 3. The van der Waals surface area contributed by atoms with Crippen molar-refractivity contribution in [2.24, 2.45) is 0 Å². The lowest BCUT2D eigenvalue weighted by atomic mass is 10.0. The number of carbonyl (C=O) groups is 1. The molecule has 94 valence electrons. The van der Waals surface area contributed by atoms with Crippen molar-refractivity contribution in [2.45, 2.75) is 0 Å². The van der Waals surface area contributed by atoms with Crippen LogP contribution in [0.15, 0.2) is 48.7 Å². The number of phenols is 1. The van der Waals surface area contributed by atoms with Gasteiger partial charge in [-0.2, -0.15) is 0 Å². The Hall–Kier alpha value is -2.75. The van der Waals surface area contributed by atoms with Crippen molar-refractivity contribution in [1.82, 2.24) is 4.98 Å². The molecule has 0 spiro atoms. The van der Waals surface area contributed by atoms with E-state index in [9.17, 15) is 9.90 Å². The Bertz CT molecular complexity index is 757. The number of H-pyrrole nitrogens is 1. The van der Waals surface area contributed by atoms with E-state index >= 15 is 0 Å². The van der Waals surface area contributed by atoms with Crippen molar-refractivity contribution in [3.05, 3.63) is 54.2 Å². The summed E-state index contributed by atoms with van der Waals surface area (Å²) in [4.78, 5) is 14.1. The SMILES string of the molecule is O=C(O)c1ccc2[nH]cc(-c3ccc(O)cc3)c2c1. The molecule has 3 rings (SSSR count). The average Bonchev–Trinajstić information content (AvgIpc) is 2.82. The minimum Gasteiger partial charge on any atom is -0.508 e. The first-order valence-corrected chi connectivity index (χ1v) is 5.79. The van der Waals surface area contributed by atoms with Crippen LogP contribution in [0.25, 0.3) is 22.0 Å². The number of benzene rings is 2. The van der Waals surface area contributed by atoms with Crippen LogP contribution in [-0.4, -0.2) is 21.2 Å². The van der Waals surface area contributed by atoms with E-state index in [-0.39, 0.29) is 11.3 Å². The highest BCUT2D eigenvalue weighted by atomic mass is 16.4. The van der Waals surface area contributed by atoms with Gasteiger partial charge in [0.2, 0.25) is 0 Å². The first-order chi connectivity index (χ1) is 9.15. The highest BCUT2D eigenvalue weighted by Gasteiger charge is 2.09. The number of aromatic nitrogens is 1. The Morgan fingerprint density at radius 3 is 2.47 bits per heavy atom. The molecule has 0 bridgehead atoms. The van der Waals surface area contributed by atoms with Gasteiger partial charge in [0.25, 0.3) is 0 Å². The second-order valence-corrected chi connectivity index (χ2v) is 4.31. The van der Waals surface area contributed by atoms with E-state index in [1.165, 1.54) is 0 Å². The third kappa shape index (κ3) is 1.93. The number of nitrogens with one attached hydrogen (secondary N) is 1. The maximum absolute atomic E-state index is 11.0. The maximum atomic E-state index is 11.0. The highest BCUT2D eigenvalue weighted by molar-refractivity contribution is 6.00. The molecule has 2 aromatic carbocycles. The van der Waals surface area contributed by atoms with E-state index in [4.69, 9.17) is 5.11 Å². The fraction of sp³-hybridized carbons (Fsp3) is 0. The molecule has 19 heavy (non-hydrogen) atoms. The van der Waals surface area contributed by atoms with E-state index < -0.39 is 5.97 Å². The van der Waals surface area contributed by atoms with Crippen LogP contribution in [0, 0.1) is 0 Å². The van der Waals surface area contributed by atoms with Gasteiger partial charge >= 0.3 is 5.97 Å². The smallest absolute Gasteiger partial charge is 0.335 e. The first-order valence-electron chi connectivity index (χ1n) is 5.79. The third-order valence-corrected chi connectivity index (χ3v) is 3.11. The van der Waals surface area contributed by atoms with Crippen LogP contribution in [-0.2, 0) is 0 Å². The minimum atomic E-state index is -0.945. The molecular weight excluding hydrogens is 242 g/mol. The summed E-state index contributed by atoms with van der Waals surface area (Å²) in [6.45, 7) is 0. The van der Waals surface area contributed by atoms with E-state index in [2.05, 4.69) is 4.98 Å². The van der Waals surface area contributed by atoms with Gasteiger partial charge in [0.1, 0.15) is 5.75 Å². The summed E-state index contributed by atoms with van der Waals surface area (Å²) in [5.41, 5.74) is 2.98. The molecule has 1 heterocycles. The summed E-state index contributed by atoms with van der Waals surface area (Å²) in [6, 6.07) is 11.8. The first kappa shape index (κ1) is 11.3. The van der Waals surface area contributed by atoms with Crippen LogP contribution in [0.4, 0.5) is 0 Å². The van der Waals surface area contributed by atoms with Gasteiger partial charge < -0.3 is 15.2 Å². The quantitative estimate of drug-likeness (QED) is 0.656. The molecule has 1 aromatic heterocycles. The van der Waals surface area contributed by atoms with Gasteiger partial charge in [0.15, 0.2) is 0 Å². The predicted molar refractivity (Wildman–Crippen MR) is 72.4 cm³/mol. The molecule has 0 aliphatic rings. The lowest BCUT2D eigenvalue weighted by molar-refractivity contribution is 0.0697. The summed E-state index contributed by atoms with van der Waals surface area (Å²) in [5, 5.41) is 19.2. The Labute approximate surface area is 108 Å². The lowest BCUT2D eigenvalue weighted by Gasteiger charge is -2.01. The van der Waals surface area contributed by atoms with Gasteiger partial charge in [-0.05, 0) is 35.9 Å². The number of aromatic carboxylic acids is 1. The standard InChI is InChI=1S/C15H11NO3/c17-11-4-1-9(2-5-11)13-8-16-14-6-3-10(15(18)19)7-12(13)14/h1-8,16-17H,(H,18,19). The summed E-state index contributed by atoms with van der Waals surface area (Å²) in [6.07, 6.45) is 1.84. The number of carboxylic acids is 1. The molecule has 0 aliphatic heterocycles. The summed E-state index contributed by atoms with van der Waals surface area (Å²) < 4.78 is 0. The van der Waals surface area contributed by atoms with E-state index in [1.54, 1.807) is 42.5 Å². The van der Waals surface area contributed by atoms with Gasteiger partial charge in [-0.15, -0.1) is 0 Å². The zero-order chi connectivity index (χ0) is 13.4. The largest absolute Gasteiger partial charge is 0.508 e. The van der Waals surface area contributed by atoms with Crippen molar-refractivity contribution < 1.29 is 15.0 Å². The summed E-state index contributed by atoms with van der Waals surface area (Å²) in [7, 11) is 0. The number of hydrogen-bond acceptors (Lipinski definition) is 2. The number of rotatable bonds is 2. The van der Waals surface area contributed by atoms with Crippen LogP contribution < -0.4 is 0 Å². The Balaban J connectivity index is 2.21. The molecule has 0 unspecified atom stereocenters. The number of aromatic amines is 1. The molecule has 4 nitrogen and oxygen atoms in total. The average molecular weight is 253 g/mol. The Morgan fingerprint density at radius 2 is 1.79 bits per heavy atom. The van der Waals surface area contributed by atoms with Crippen LogP contribution in [0.5, 0.6) is 5.75 Å². The zero-order valence-electron chi connectivity index (χ0n) is 9.92. The molecule has 3 N–H and O–H groups in total. The van der Waals surface area contributed by atoms with Crippen molar-refractivity contribution in [3.63, 3.8) is 0 Å². The van der Waals surface area contributed by atoms with Crippen molar-refractivity contribution in [1.29, 1.82) is 0 Å². The van der Waals surface area contributed by atoms with E-state index in [0.717, 1.165) is 22.0 Å². The van der Waals surface area contributed by atoms with Crippen molar-refractivity contribution >= 4 is 16.9 Å². The fourth-order valence-corrected chi connectivity index (χ4v) is 2.13. The molecule has 4 heteroatoms. The molecule has 0 radical (unpaired) electrons. The number of phenolic OH excluding ortho intramolecular Hbond substituents is 1. The number of aromatic hydroxyl groups is 1. The summed E-state index contributed by atoms with van der Waals surface area (Å²) in [5.74, 6) is -0.741. The minimum absolute atomic E-state index is 0.204. The normalized spacial score (nSPS) is 10.7. The highest BCUT2D eigenvalue weighted by Crippen LogP contribution is 2.30. The van der Waals surface area contributed by atoms with Gasteiger partial charge in [-0.1, -0.05) is 12.1 Å². The van der Waals surface area contributed by atoms with Gasteiger partial charge in [0.05, 0.1) is 5.56 Å². The number of carboxylic acid groups (broad SMARTS) is 1. The van der Waals surface area contributed by atoms with E-state index in [1.807, 2.05) is 6.20 Å². The fourth-order valence-electron chi connectivity index (χ4n) is 2.13.